The fourth-order valence-corrected chi connectivity index (χ4v) is 9.43. The van der Waals surface area contributed by atoms with Crippen LogP contribution in [0.1, 0.15) is 303 Å². The number of carbonyl (C=O) groups is 3. The molecule has 12 heteroatoms. The van der Waals surface area contributed by atoms with E-state index in [2.05, 4.69) is 32.9 Å². The highest BCUT2D eigenvalue weighted by atomic mass is 31.2. The van der Waals surface area contributed by atoms with Crippen LogP contribution in [0.2, 0.25) is 0 Å². The number of ether oxygens (including phenoxy) is 3. The van der Waals surface area contributed by atoms with Gasteiger partial charge in [-0.25, -0.2) is 4.57 Å². The molecule has 0 aromatic rings. The van der Waals surface area contributed by atoms with Gasteiger partial charge in [-0.3, -0.25) is 23.4 Å². The van der Waals surface area contributed by atoms with Crippen LogP contribution < -0.4 is 0 Å². The SMILES string of the molecule is CCCCCC/C=C\CCCCCCCC(=O)OCC(COP(=O)(O)OCC(CO)OC(=O)CCCCCCCCCCCCC)OC(=O)CCCCCCCCCCCCCCCCCCCCC. The molecular formula is C58H111O11P. The lowest BCUT2D eigenvalue weighted by Gasteiger charge is -2.21. The summed E-state index contributed by atoms with van der Waals surface area (Å²) in [5, 5.41) is 9.79. The smallest absolute Gasteiger partial charge is 0.462 e. The van der Waals surface area contributed by atoms with E-state index in [0.717, 1.165) is 77.0 Å². The predicted octanol–water partition coefficient (Wildman–Crippen LogP) is 17.3. The maximum Gasteiger partial charge on any atom is 0.472 e. The fourth-order valence-electron chi connectivity index (χ4n) is 8.65. The molecule has 2 N–H and O–H groups in total. The Labute approximate surface area is 430 Å². The van der Waals surface area contributed by atoms with Crippen LogP contribution in [-0.4, -0.2) is 66.5 Å². The molecule has 0 aliphatic rings. The van der Waals surface area contributed by atoms with Crippen LogP contribution in [0.4, 0.5) is 0 Å². The molecule has 11 nitrogen and oxygen atoms in total. The number of carbonyl (C=O) groups excluding carboxylic acids is 3. The van der Waals surface area contributed by atoms with Crippen molar-refractivity contribution in [2.45, 2.75) is 315 Å². The van der Waals surface area contributed by atoms with Crippen LogP contribution >= 0.6 is 7.82 Å². The summed E-state index contributed by atoms with van der Waals surface area (Å²) in [5.74, 6) is -1.45. The van der Waals surface area contributed by atoms with E-state index in [1.807, 2.05) is 0 Å². The van der Waals surface area contributed by atoms with Gasteiger partial charge < -0.3 is 24.2 Å². The number of esters is 3. The molecule has 0 aliphatic heterocycles. The number of hydrogen-bond donors (Lipinski definition) is 2. The number of aliphatic hydroxyl groups excluding tert-OH is 1. The number of phosphoric ester groups is 1. The van der Waals surface area contributed by atoms with Crippen molar-refractivity contribution in [3.05, 3.63) is 12.2 Å². The Hall–Kier alpha value is -1.78. The number of hydrogen-bond acceptors (Lipinski definition) is 10. The second-order valence-corrected chi connectivity index (χ2v) is 21.6. The largest absolute Gasteiger partial charge is 0.472 e. The first-order valence-electron chi connectivity index (χ1n) is 29.6. The third-order valence-electron chi connectivity index (χ3n) is 13.2. The Bertz CT molecular complexity index is 1230. The molecule has 0 heterocycles. The van der Waals surface area contributed by atoms with E-state index < -0.39 is 57.8 Å². The highest BCUT2D eigenvalue weighted by Crippen LogP contribution is 2.43. The minimum Gasteiger partial charge on any atom is -0.462 e. The topological polar surface area (TPSA) is 155 Å². The van der Waals surface area contributed by atoms with Gasteiger partial charge in [0.1, 0.15) is 12.7 Å². The summed E-state index contributed by atoms with van der Waals surface area (Å²) >= 11 is 0. The van der Waals surface area contributed by atoms with Crippen molar-refractivity contribution in [1.82, 2.24) is 0 Å². The molecule has 0 saturated heterocycles. The van der Waals surface area contributed by atoms with E-state index >= 15 is 0 Å². The van der Waals surface area contributed by atoms with Crippen LogP contribution in [0, 0.1) is 0 Å². The first-order valence-corrected chi connectivity index (χ1v) is 31.1. The maximum absolute atomic E-state index is 12.9. The summed E-state index contributed by atoms with van der Waals surface area (Å²) < 4.78 is 39.5. The molecule has 0 fully saturated rings. The molecule has 0 bridgehead atoms. The van der Waals surface area contributed by atoms with Crippen molar-refractivity contribution >= 4 is 25.7 Å². The Morgan fingerprint density at radius 2 is 0.657 bits per heavy atom. The van der Waals surface area contributed by atoms with E-state index in [-0.39, 0.29) is 25.9 Å². The Kier molecular flexibility index (Phi) is 52.1. The Morgan fingerprint density at radius 1 is 0.386 bits per heavy atom. The van der Waals surface area contributed by atoms with E-state index in [9.17, 15) is 28.9 Å². The van der Waals surface area contributed by atoms with Crippen molar-refractivity contribution < 1.29 is 52.2 Å². The molecule has 0 aliphatic carbocycles. The summed E-state index contributed by atoms with van der Waals surface area (Å²) in [6.45, 7) is 4.67. The van der Waals surface area contributed by atoms with Crippen LogP contribution in [0.25, 0.3) is 0 Å². The Balaban J connectivity index is 4.65. The normalized spacial score (nSPS) is 13.4. The molecular weight excluding hydrogens is 904 g/mol. The van der Waals surface area contributed by atoms with E-state index in [4.69, 9.17) is 23.3 Å². The average molecular weight is 1020 g/mol. The molecule has 3 atom stereocenters. The van der Waals surface area contributed by atoms with Crippen molar-refractivity contribution in [2.75, 3.05) is 26.4 Å². The highest BCUT2D eigenvalue weighted by Gasteiger charge is 2.28. The van der Waals surface area contributed by atoms with Crippen molar-refractivity contribution in [3.8, 4) is 0 Å². The monoisotopic (exact) mass is 1010 g/mol. The van der Waals surface area contributed by atoms with Gasteiger partial charge in [-0.2, -0.15) is 0 Å². The molecule has 0 rings (SSSR count). The van der Waals surface area contributed by atoms with Crippen LogP contribution in [-0.2, 0) is 42.2 Å². The summed E-state index contributed by atoms with van der Waals surface area (Å²) in [5.41, 5.74) is 0. The standard InChI is InChI=1S/C58H111O11P/c1-4-7-10-13-16-19-22-24-25-26-27-28-29-31-34-37-40-43-46-49-58(62)69-55(51-65-56(60)47-44-41-38-35-33-30-23-20-17-14-11-8-5-2)53-67-70(63,64)66-52-54(50-59)68-57(61)48-45-42-39-36-32-21-18-15-12-9-6-3/h20,23,54-55,59H,4-19,21-22,24-53H2,1-3H3,(H,63,64)/b23-20-. The molecule has 0 aromatic carbocycles. The zero-order chi connectivity index (χ0) is 51.3. The van der Waals surface area contributed by atoms with E-state index in [0.29, 0.717) is 19.3 Å². The van der Waals surface area contributed by atoms with Gasteiger partial charge in [0, 0.05) is 19.3 Å². The Morgan fingerprint density at radius 3 is 1.00 bits per heavy atom. The number of aliphatic hydroxyl groups is 1. The fraction of sp³-hybridized carbons (Fsp3) is 0.914. The number of phosphoric acid groups is 1. The number of unbranched alkanes of at least 4 members (excludes halogenated alkanes) is 37. The second-order valence-electron chi connectivity index (χ2n) is 20.2. The molecule has 0 aromatic heterocycles. The first-order chi connectivity index (χ1) is 34.2. The zero-order valence-electron chi connectivity index (χ0n) is 45.8. The number of rotatable bonds is 56. The molecule has 0 amide bonds. The molecule has 414 valence electrons. The van der Waals surface area contributed by atoms with E-state index in [1.165, 1.54) is 167 Å². The quantitative estimate of drug-likeness (QED) is 0.0197. The highest BCUT2D eigenvalue weighted by molar-refractivity contribution is 7.47. The van der Waals surface area contributed by atoms with Crippen molar-refractivity contribution in [2.24, 2.45) is 0 Å². The van der Waals surface area contributed by atoms with Gasteiger partial charge in [-0.05, 0) is 44.9 Å². The maximum atomic E-state index is 12.9. The molecule has 0 spiro atoms. The van der Waals surface area contributed by atoms with Gasteiger partial charge in [0.05, 0.1) is 19.8 Å². The summed E-state index contributed by atoms with van der Waals surface area (Å²) in [4.78, 5) is 48.5. The van der Waals surface area contributed by atoms with Crippen LogP contribution in [0.3, 0.4) is 0 Å². The summed E-state index contributed by atoms with van der Waals surface area (Å²) in [7, 11) is -4.74. The third kappa shape index (κ3) is 51.1. The van der Waals surface area contributed by atoms with Crippen LogP contribution in [0.15, 0.2) is 12.2 Å². The van der Waals surface area contributed by atoms with Gasteiger partial charge in [0.15, 0.2) is 6.10 Å². The lowest BCUT2D eigenvalue weighted by Crippen LogP contribution is -2.30. The van der Waals surface area contributed by atoms with Crippen molar-refractivity contribution in [3.63, 3.8) is 0 Å². The molecule has 0 radical (unpaired) electrons. The van der Waals surface area contributed by atoms with Crippen LogP contribution in [0.5, 0.6) is 0 Å². The third-order valence-corrected chi connectivity index (χ3v) is 14.1. The van der Waals surface area contributed by atoms with Gasteiger partial charge in [-0.1, -0.05) is 251 Å². The lowest BCUT2D eigenvalue weighted by molar-refractivity contribution is -0.161. The first kappa shape index (κ1) is 68.2. The lowest BCUT2D eigenvalue weighted by atomic mass is 10.0. The molecule has 70 heavy (non-hydrogen) atoms. The molecule has 3 unspecified atom stereocenters. The average Bonchev–Trinajstić information content (AvgIpc) is 3.35. The second kappa shape index (κ2) is 53.5. The number of allylic oxidation sites excluding steroid dienone is 2. The summed E-state index contributed by atoms with van der Waals surface area (Å²) in [6.07, 6.45) is 51.7. The van der Waals surface area contributed by atoms with Gasteiger partial charge in [0.2, 0.25) is 0 Å². The van der Waals surface area contributed by atoms with Gasteiger partial charge in [0.25, 0.3) is 0 Å². The minimum atomic E-state index is -4.74. The predicted molar refractivity (Wildman–Crippen MR) is 289 cm³/mol. The summed E-state index contributed by atoms with van der Waals surface area (Å²) in [6, 6.07) is 0. The molecule has 0 saturated carbocycles. The minimum absolute atomic E-state index is 0.175. The van der Waals surface area contributed by atoms with Gasteiger partial charge >= 0.3 is 25.7 Å². The van der Waals surface area contributed by atoms with Crippen molar-refractivity contribution in [1.29, 1.82) is 0 Å². The van der Waals surface area contributed by atoms with Gasteiger partial charge in [-0.15, -0.1) is 0 Å². The van der Waals surface area contributed by atoms with E-state index in [1.54, 1.807) is 0 Å². The zero-order valence-corrected chi connectivity index (χ0v) is 46.7.